The molecule has 2 rings (SSSR count). The Hall–Kier alpha value is -2.14. The highest BCUT2D eigenvalue weighted by molar-refractivity contribution is 6.02. The van der Waals surface area contributed by atoms with Crippen molar-refractivity contribution < 1.29 is 9.21 Å². The first-order valence-corrected chi connectivity index (χ1v) is 6.07. The standard InChI is InChI=1S/C14H17N3O2/c1-9-4-10(2)6-11(5-9)16-14(18)12-8-19-13(17-12)7-15-3/h4-6,8,15H,7H2,1-3H3,(H,16,18). The Morgan fingerprint density at radius 3 is 2.58 bits per heavy atom. The maximum Gasteiger partial charge on any atom is 0.277 e. The largest absolute Gasteiger partial charge is 0.447 e. The Morgan fingerprint density at radius 2 is 1.95 bits per heavy atom. The van der Waals surface area contributed by atoms with Gasteiger partial charge in [-0.3, -0.25) is 4.79 Å². The number of oxazole rings is 1. The van der Waals surface area contributed by atoms with Crippen molar-refractivity contribution in [2.45, 2.75) is 20.4 Å². The molecule has 5 heteroatoms. The molecule has 0 saturated heterocycles. The summed E-state index contributed by atoms with van der Waals surface area (Å²) in [6.07, 6.45) is 1.37. The quantitative estimate of drug-likeness (QED) is 0.883. The van der Waals surface area contributed by atoms with Gasteiger partial charge < -0.3 is 15.1 Å². The minimum Gasteiger partial charge on any atom is -0.447 e. The fourth-order valence-corrected chi connectivity index (χ4v) is 1.89. The van der Waals surface area contributed by atoms with Gasteiger partial charge in [-0.2, -0.15) is 0 Å². The van der Waals surface area contributed by atoms with Gasteiger partial charge in [-0.1, -0.05) is 6.07 Å². The van der Waals surface area contributed by atoms with E-state index < -0.39 is 0 Å². The van der Waals surface area contributed by atoms with E-state index in [1.54, 1.807) is 7.05 Å². The SMILES string of the molecule is CNCc1nc(C(=O)Nc2cc(C)cc(C)c2)co1. The highest BCUT2D eigenvalue weighted by Crippen LogP contribution is 2.15. The van der Waals surface area contributed by atoms with Crippen LogP contribution >= 0.6 is 0 Å². The zero-order valence-corrected chi connectivity index (χ0v) is 11.3. The van der Waals surface area contributed by atoms with Gasteiger partial charge in [0.25, 0.3) is 5.91 Å². The highest BCUT2D eigenvalue weighted by atomic mass is 16.3. The lowest BCUT2D eigenvalue weighted by atomic mass is 10.1. The molecule has 0 aliphatic rings. The van der Waals surface area contributed by atoms with E-state index in [-0.39, 0.29) is 11.6 Å². The number of anilines is 1. The lowest BCUT2D eigenvalue weighted by molar-refractivity contribution is 0.102. The van der Waals surface area contributed by atoms with Crippen LogP contribution in [-0.2, 0) is 6.54 Å². The molecular formula is C14H17N3O2. The second kappa shape index (κ2) is 5.67. The van der Waals surface area contributed by atoms with E-state index in [0.29, 0.717) is 12.4 Å². The number of carbonyl (C=O) groups is 1. The summed E-state index contributed by atoms with van der Waals surface area (Å²) >= 11 is 0. The second-order valence-electron chi connectivity index (χ2n) is 4.49. The normalized spacial score (nSPS) is 10.5. The van der Waals surface area contributed by atoms with Crippen LogP contribution in [-0.4, -0.2) is 17.9 Å². The molecule has 0 aliphatic heterocycles. The van der Waals surface area contributed by atoms with Gasteiger partial charge in [-0.25, -0.2) is 4.98 Å². The minimum absolute atomic E-state index is 0.267. The van der Waals surface area contributed by atoms with Crippen molar-refractivity contribution in [3.05, 3.63) is 47.2 Å². The summed E-state index contributed by atoms with van der Waals surface area (Å²) in [6.45, 7) is 4.48. The van der Waals surface area contributed by atoms with E-state index in [2.05, 4.69) is 21.7 Å². The molecule has 0 radical (unpaired) electrons. The van der Waals surface area contributed by atoms with Crippen molar-refractivity contribution in [3.8, 4) is 0 Å². The van der Waals surface area contributed by atoms with Crippen molar-refractivity contribution >= 4 is 11.6 Å². The number of hydrogen-bond donors (Lipinski definition) is 2. The maximum atomic E-state index is 12.0. The number of aromatic nitrogens is 1. The molecule has 1 heterocycles. The van der Waals surface area contributed by atoms with Crippen LogP contribution in [0, 0.1) is 13.8 Å². The van der Waals surface area contributed by atoms with Crippen LogP contribution in [0.1, 0.15) is 27.5 Å². The van der Waals surface area contributed by atoms with Crippen LogP contribution in [0.25, 0.3) is 0 Å². The first-order valence-electron chi connectivity index (χ1n) is 6.07. The predicted octanol–water partition coefficient (Wildman–Crippen LogP) is 2.26. The third kappa shape index (κ3) is 3.42. The number of aryl methyl sites for hydroxylation is 2. The first kappa shape index (κ1) is 13.3. The summed E-state index contributed by atoms with van der Waals surface area (Å²) in [5.41, 5.74) is 3.25. The average molecular weight is 259 g/mol. The van der Waals surface area contributed by atoms with Gasteiger partial charge in [0.1, 0.15) is 6.26 Å². The van der Waals surface area contributed by atoms with Gasteiger partial charge in [-0.05, 0) is 44.2 Å². The number of carbonyl (C=O) groups excluding carboxylic acids is 1. The summed E-state index contributed by atoms with van der Waals surface area (Å²) in [7, 11) is 1.79. The number of rotatable bonds is 4. The Morgan fingerprint density at radius 1 is 1.26 bits per heavy atom. The summed E-state index contributed by atoms with van der Waals surface area (Å²) < 4.78 is 5.18. The number of nitrogens with one attached hydrogen (secondary N) is 2. The van der Waals surface area contributed by atoms with Crippen molar-refractivity contribution in [3.63, 3.8) is 0 Å². The molecule has 0 unspecified atom stereocenters. The molecule has 1 aromatic carbocycles. The molecule has 19 heavy (non-hydrogen) atoms. The monoisotopic (exact) mass is 259 g/mol. The first-order chi connectivity index (χ1) is 9.08. The van der Waals surface area contributed by atoms with E-state index in [4.69, 9.17) is 4.42 Å². The lowest BCUT2D eigenvalue weighted by Crippen LogP contribution is -2.13. The van der Waals surface area contributed by atoms with E-state index in [0.717, 1.165) is 16.8 Å². The highest BCUT2D eigenvalue weighted by Gasteiger charge is 2.12. The summed E-state index contributed by atoms with van der Waals surface area (Å²) in [4.78, 5) is 16.1. The lowest BCUT2D eigenvalue weighted by Gasteiger charge is -2.05. The van der Waals surface area contributed by atoms with Crippen LogP contribution in [0.5, 0.6) is 0 Å². The van der Waals surface area contributed by atoms with E-state index in [1.807, 2.05) is 26.0 Å². The van der Waals surface area contributed by atoms with Crippen LogP contribution in [0.15, 0.2) is 28.9 Å². The van der Waals surface area contributed by atoms with Gasteiger partial charge in [0, 0.05) is 5.69 Å². The van der Waals surface area contributed by atoms with Crippen molar-refractivity contribution in [2.24, 2.45) is 0 Å². The topological polar surface area (TPSA) is 67.2 Å². The van der Waals surface area contributed by atoms with E-state index >= 15 is 0 Å². The van der Waals surface area contributed by atoms with Crippen LogP contribution in [0.4, 0.5) is 5.69 Å². The maximum absolute atomic E-state index is 12.0. The third-order valence-electron chi connectivity index (χ3n) is 2.59. The predicted molar refractivity (Wildman–Crippen MR) is 73.1 cm³/mol. The fourth-order valence-electron chi connectivity index (χ4n) is 1.89. The fraction of sp³-hybridized carbons (Fsp3) is 0.286. The van der Waals surface area contributed by atoms with Gasteiger partial charge in [0.15, 0.2) is 5.69 Å². The molecule has 0 atom stereocenters. The second-order valence-corrected chi connectivity index (χ2v) is 4.49. The summed E-state index contributed by atoms with van der Waals surface area (Å²) in [6, 6.07) is 5.88. The summed E-state index contributed by atoms with van der Waals surface area (Å²) in [5.74, 6) is 0.226. The zero-order valence-electron chi connectivity index (χ0n) is 11.3. The van der Waals surface area contributed by atoms with Gasteiger partial charge in [0.2, 0.25) is 5.89 Å². The Balaban J connectivity index is 2.11. The van der Waals surface area contributed by atoms with Gasteiger partial charge in [0.05, 0.1) is 6.54 Å². The van der Waals surface area contributed by atoms with E-state index in [9.17, 15) is 4.79 Å². The smallest absolute Gasteiger partial charge is 0.277 e. The molecule has 1 amide bonds. The number of nitrogens with zero attached hydrogens (tertiary/aromatic N) is 1. The third-order valence-corrected chi connectivity index (χ3v) is 2.59. The van der Waals surface area contributed by atoms with Crippen molar-refractivity contribution in [1.29, 1.82) is 0 Å². The van der Waals surface area contributed by atoms with Crippen molar-refractivity contribution in [2.75, 3.05) is 12.4 Å². The minimum atomic E-state index is -0.267. The molecule has 0 saturated carbocycles. The van der Waals surface area contributed by atoms with E-state index in [1.165, 1.54) is 6.26 Å². The average Bonchev–Trinajstić information content (AvgIpc) is 2.76. The molecule has 0 bridgehead atoms. The zero-order chi connectivity index (χ0) is 13.8. The van der Waals surface area contributed by atoms with Gasteiger partial charge in [-0.15, -0.1) is 0 Å². The molecule has 5 nitrogen and oxygen atoms in total. The summed E-state index contributed by atoms with van der Waals surface area (Å²) in [5, 5.41) is 5.73. The van der Waals surface area contributed by atoms with Crippen LogP contribution in [0.3, 0.4) is 0 Å². The Labute approximate surface area is 112 Å². The number of hydrogen-bond acceptors (Lipinski definition) is 4. The van der Waals surface area contributed by atoms with Crippen molar-refractivity contribution in [1.82, 2.24) is 10.3 Å². The molecule has 0 spiro atoms. The Bertz CT molecular complexity index is 570. The molecular weight excluding hydrogens is 242 g/mol. The van der Waals surface area contributed by atoms with Crippen LogP contribution in [0.2, 0.25) is 0 Å². The van der Waals surface area contributed by atoms with Gasteiger partial charge >= 0.3 is 0 Å². The molecule has 100 valence electrons. The molecule has 0 aliphatic carbocycles. The molecule has 1 aromatic heterocycles. The number of amides is 1. The number of benzene rings is 1. The molecule has 2 aromatic rings. The van der Waals surface area contributed by atoms with Crippen LogP contribution < -0.4 is 10.6 Å². The molecule has 0 fully saturated rings. The Kier molecular flexibility index (Phi) is 3.97. The molecule has 2 N–H and O–H groups in total.